The molecule has 1 unspecified atom stereocenters. The summed E-state index contributed by atoms with van der Waals surface area (Å²) in [6.07, 6.45) is 10.8. The number of hydrogen-bond donors (Lipinski definition) is 3. The van der Waals surface area contributed by atoms with E-state index in [1.54, 1.807) is 6.33 Å². The normalized spacial score (nSPS) is 23.4. The van der Waals surface area contributed by atoms with Crippen LogP contribution in [0.25, 0.3) is 5.57 Å². The highest BCUT2D eigenvalue weighted by molar-refractivity contribution is 5.90. The molecule has 1 aliphatic heterocycles. The average molecular weight is 355 g/mol. The third kappa shape index (κ3) is 4.04. The highest BCUT2D eigenvalue weighted by Gasteiger charge is 2.23. The zero-order chi connectivity index (χ0) is 18.7. The molecule has 0 spiro atoms. The molecule has 0 bridgehead atoms. The molecule has 2 heterocycles. The van der Waals surface area contributed by atoms with E-state index >= 15 is 0 Å². The van der Waals surface area contributed by atoms with Gasteiger partial charge in [0.1, 0.15) is 17.4 Å². The summed E-state index contributed by atoms with van der Waals surface area (Å²) in [4.78, 5) is 9.25. The summed E-state index contributed by atoms with van der Waals surface area (Å²) in [6, 6.07) is 0.413. The van der Waals surface area contributed by atoms with Crippen LogP contribution in [0.2, 0.25) is 0 Å². The molecular formula is C19H29N7. The van der Waals surface area contributed by atoms with Gasteiger partial charge in [0, 0.05) is 44.9 Å². The maximum Gasteiger partial charge on any atom is 0.137 e. The molecule has 1 aromatic heterocycles. The number of amidine groups is 1. The van der Waals surface area contributed by atoms with Gasteiger partial charge in [0.25, 0.3) is 0 Å². The maximum absolute atomic E-state index is 7.72. The Balaban J connectivity index is 2.09. The molecule has 0 amide bonds. The number of hydrogen-bond acceptors (Lipinski definition) is 5. The monoisotopic (exact) mass is 355 g/mol. The van der Waals surface area contributed by atoms with Crippen LogP contribution in [0, 0.1) is 11.3 Å². The third-order valence-corrected chi connectivity index (χ3v) is 4.82. The van der Waals surface area contributed by atoms with Crippen molar-refractivity contribution in [3.05, 3.63) is 35.7 Å². The molecule has 3 N–H and O–H groups in total. The summed E-state index contributed by atoms with van der Waals surface area (Å²) in [5.41, 5.74) is 5.88. The highest BCUT2D eigenvalue weighted by atomic mass is 15.5. The standard InChI is InChI=1S/C19H29N7/c1-5-21-19(23-17-10-13(2)26(4)24-17)15(9-8-14-6-7-14)18-16(11-20)22-12-25(18)3/h8-9,11-14,20-21H,5-7,10H2,1-4H3,(H,23,24)/b9-8+,19-15?,20-11?. The van der Waals surface area contributed by atoms with Crippen LogP contribution < -0.4 is 10.7 Å². The van der Waals surface area contributed by atoms with Crippen molar-refractivity contribution < 1.29 is 0 Å². The van der Waals surface area contributed by atoms with E-state index in [1.807, 2.05) is 18.7 Å². The van der Waals surface area contributed by atoms with Gasteiger partial charge in [0.2, 0.25) is 0 Å². The number of aryl methyl sites for hydroxylation is 1. The number of aromatic nitrogens is 2. The minimum atomic E-state index is 0.413. The van der Waals surface area contributed by atoms with Crippen molar-refractivity contribution in [3.8, 4) is 0 Å². The molecule has 7 nitrogen and oxygen atoms in total. The zero-order valence-corrected chi connectivity index (χ0v) is 16.1. The fourth-order valence-corrected chi connectivity index (χ4v) is 3.02. The molecule has 26 heavy (non-hydrogen) atoms. The fraction of sp³-hybridized carbons (Fsp3) is 0.526. The van der Waals surface area contributed by atoms with E-state index in [4.69, 9.17) is 10.4 Å². The van der Waals surface area contributed by atoms with Crippen molar-refractivity contribution in [2.24, 2.45) is 18.0 Å². The van der Waals surface area contributed by atoms with Gasteiger partial charge in [-0.3, -0.25) is 0 Å². The SMILES string of the molecule is CCNC(N=C1CC(C)N(C)N1)=C(/C=C/C1CC1)c1c(C=N)ncn1C. The summed E-state index contributed by atoms with van der Waals surface area (Å²) >= 11 is 0. The molecule has 1 saturated carbocycles. The van der Waals surface area contributed by atoms with Crippen LogP contribution in [-0.4, -0.2) is 46.2 Å². The predicted molar refractivity (Wildman–Crippen MR) is 106 cm³/mol. The van der Waals surface area contributed by atoms with Gasteiger partial charge in [0.15, 0.2) is 0 Å². The summed E-state index contributed by atoms with van der Waals surface area (Å²) in [5, 5.41) is 13.2. The van der Waals surface area contributed by atoms with Crippen LogP contribution in [-0.2, 0) is 7.05 Å². The van der Waals surface area contributed by atoms with E-state index in [-0.39, 0.29) is 0 Å². The number of aliphatic imine (C=N–C) groups is 1. The van der Waals surface area contributed by atoms with Crippen LogP contribution >= 0.6 is 0 Å². The van der Waals surface area contributed by atoms with Crippen molar-refractivity contribution in [1.29, 1.82) is 5.41 Å². The molecule has 1 atom stereocenters. The minimum absolute atomic E-state index is 0.413. The van der Waals surface area contributed by atoms with Gasteiger partial charge in [-0.1, -0.05) is 12.2 Å². The first-order valence-electron chi connectivity index (χ1n) is 9.29. The Bertz CT molecular complexity index is 740. The Hall–Kier alpha value is -2.41. The summed E-state index contributed by atoms with van der Waals surface area (Å²) in [5.74, 6) is 2.43. The van der Waals surface area contributed by atoms with Crippen LogP contribution in [0.1, 0.15) is 44.5 Å². The molecule has 7 heteroatoms. The molecule has 140 valence electrons. The Morgan fingerprint density at radius 3 is 2.81 bits per heavy atom. The van der Waals surface area contributed by atoms with Gasteiger partial charge in [0.05, 0.1) is 12.0 Å². The third-order valence-electron chi connectivity index (χ3n) is 4.82. The van der Waals surface area contributed by atoms with Crippen molar-refractivity contribution in [2.45, 2.75) is 39.2 Å². The van der Waals surface area contributed by atoms with Gasteiger partial charge >= 0.3 is 0 Å². The lowest BCUT2D eigenvalue weighted by atomic mass is 10.1. The lowest BCUT2D eigenvalue weighted by Crippen LogP contribution is -2.33. The first-order chi connectivity index (χ1) is 12.5. The number of nitrogens with zero attached hydrogens (tertiary/aromatic N) is 4. The number of rotatable bonds is 7. The second-order valence-corrected chi connectivity index (χ2v) is 7.06. The number of nitrogens with one attached hydrogen (secondary N) is 3. The lowest BCUT2D eigenvalue weighted by molar-refractivity contribution is 0.263. The molecule has 3 rings (SSSR count). The van der Waals surface area contributed by atoms with Crippen LogP contribution in [0.5, 0.6) is 0 Å². The first kappa shape index (κ1) is 18.4. The summed E-state index contributed by atoms with van der Waals surface area (Å²) in [6.45, 7) is 5.02. The lowest BCUT2D eigenvalue weighted by Gasteiger charge is -2.14. The van der Waals surface area contributed by atoms with Crippen LogP contribution in [0.3, 0.4) is 0 Å². The molecule has 2 aliphatic rings. The molecule has 1 aliphatic carbocycles. The summed E-state index contributed by atoms with van der Waals surface area (Å²) < 4.78 is 1.96. The molecule has 1 saturated heterocycles. The number of hydrazine groups is 1. The largest absolute Gasteiger partial charge is 0.370 e. The molecule has 0 aromatic carbocycles. The first-order valence-corrected chi connectivity index (χ1v) is 9.29. The quantitative estimate of drug-likeness (QED) is 0.518. The Kier molecular flexibility index (Phi) is 5.56. The number of allylic oxidation sites excluding steroid dienone is 3. The smallest absolute Gasteiger partial charge is 0.137 e. The van der Waals surface area contributed by atoms with Crippen LogP contribution in [0.4, 0.5) is 0 Å². The van der Waals surface area contributed by atoms with E-state index in [0.29, 0.717) is 17.7 Å². The second kappa shape index (κ2) is 7.86. The molecule has 2 fully saturated rings. The Morgan fingerprint density at radius 1 is 1.46 bits per heavy atom. The van der Waals surface area contributed by atoms with E-state index in [1.165, 1.54) is 19.1 Å². The van der Waals surface area contributed by atoms with Gasteiger partial charge < -0.3 is 20.7 Å². The molecular weight excluding hydrogens is 326 g/mol. The van der Waals surface area contributed by atoms with E-state index in [2.05, 4.69) is 46.7 Å². The maximum atomic E-state index is 7.72. The predicted octanol–water partition coefficient (Wildman–Crippen LogP) is 2.29. The highest BCUT2D eigenvalue weighted by Crippen LogP contribution is 2.32. The van der Waals surface area contributed by atoms with Crippen molar-refractivity contribution in [1.82, 2.24) is 25.3 Å². The zero-order valence-electron chi connectivity index (χ0n) is 16.1. The van der Waals surface area contributed by atoms with E-state index < -0.39 is 0 Å². The average Bonchev–Trinajstić information content (AvgIpc) is 3.29. The van der Waals surface area contributed by atoms with E-state index in [9.17, 15) is 0 Å². The van der Waals surface area contributed by atoms with Gasteiger partial charge in [-0.25, -0.2) is 15.0 Å². The van der Waals surface area contributed by atoms with Crippen molar-refractivity contribution in [2.75, 3.05) is 13.6 Å². The van der Waals surface area contributed by atoms with E-state index in [0.717, 1.165) is 35.9 Å². The second-order valence-electron chi connectivity index (χ2n) is 7.06. The summed E-state index contributed by atoms with van der Waals surface area (Å²) in [7, 11) is 3.99. The fourth-order valence-electron chi connectivity index (χ4n) is 3.02. The minimum Gasteiger partial charge on any atom is -0.370 e. The van der Waals surface area contributed by atoms with Gasteiger partial charge in [-0.2, -0.15) is 0 Å². The Labute approximate surface area is 155 Å². The van der Waals surface area contributed by atoms with Crippen LogP contribution in [0.15, 0.2) is 29.3 Å². The Morgan fingerprint density at radius 2 is 2.23 bits per heavy atom. The molecule has 1 aromatic rings. The van der Waals surface area contributed by atoms with Gasteiger partial charge in [-0.15, -0.1) is 0 Å². The topological polar surface area (TPSA) is 81.3 Å². The van der Waals surface area contributed by atoms with Crippen molar-refractivity contribution >= 4 is 17.6 Å². The molecule has 0 radical (unpaired) electrons. The van der Waals surface area contributed by atoms with Gasteiger partial charge in [-0.05, 0) is 32.6 Å². The van der Waals surface area contributed by atoms with Crippen molar-refractivity contribution in [3.63, 3.8) is 0 Å². The number of imidazole rings is 1.